The van der Waals surface area contributed by atoms with E-state index in [4.69, 9.17) is 9.47 Å². The number of pyridine rings is 1. The first-order valence-corrected chi connectivity index (χ1v) is 10.9. The molecule has 3 aromatic rings. The van der Waals surface area contributed by atoms with Crippen molar-refractivity contribution >= 4 is 16.8 Å². The lowest BCUT2D eigenvalue weighted by molar-refractivity contribution is 0.0952. The predicted octanol–water partition coefficient (Wildman–Crippen LogP) is 3.79. The van der Waals surface area contributed by atoms with Gasteiger partial charge in [-0.1, -0.05) is 31.9 Å². The van der Waals surface area contributed by atoms with Crippen LogP contribution >= 0.6 is 0 Å². The number of phenols is 1. The summed E-state index contributed by atoms with van der Waals surface area (Å²) in [7, 11) is 3.20. The van der Waals surface area contributed by atoms with Crippen LogP contribution in [0.5, 0.6) is 17.2 Å². The first-order chi connectivity index (χ1) is 15.5. The maximum absolute atomic E-state index is 13.0. The number of hydrogen-bond acceptors (Lipinski definition) is 5. The molecular formula is C25H30N2O5. The maximum atomic E-state index is 13.0. The van der Waals surface area contributed by atoms with Crippen molar-refractivity contribution in [2.45, 2.75) is 32.6 Å². The van der Waals surface area contributed by atoms with Gasteiger partial charge in [0.05, 0.1) is 19.2 Å². The van der Waals surface area contributed by atoms with Crippen molar-refractivity contribution in [3.05, 3.63) is 63.9 Å². The predicted molar refractivity (Wildman–Crippen MR) is 125 cm³/mol. The van der Waals surface area contributed by atoms with Crippen LogP contribution in [0.1, 0.15) is 42.1 Å². The van der Waals surface area contributed by atoms with Crippen LogP contribution in [0.15, 0.2) is 47.3 Å². The fourth-order valence-electron chi connectivity index (χ4n) is 3.60. The molecule has 0 radical (unpaired) electrons. The Balaban J connectivity index is 1.83. The zero-order valence-electron chi connectivity index (χ0n) is 18.8. The number of carbonyl (C=O) groups is 1. The van der Waals surface area contributed by atoms with Crippen molar-refractivity contribution in [2.24, 2.45) is 7.05 Å². The highest BCUT2D eigenvalue weighted by Gasteiger charge is 2.19. The minimum atomic E-state index is -0.424. The average molecular weight is 439 g/mol. The van der Waals surface area contributed by atoms with Crippen LogP contribution in [-0.4, -0.2) is 35.8 Å². The Morgan fingerprint density at radius 2 is 1.88 bits per heavy atom. The van der Waals surface area contributed by atoms with Gasteiger partial charge in [0.2, 0.25) is 0 Å². The molecule has 0 saturated carbocycles. The molecule has 0 atom stereocenters. The van der Waals surface area contributed by atoms with Gasteiger partial charge in [-0.25, -0.2) is 0 Å². The van der Waals surface area contributed by atoms with Crippen molar-refractivity contribution in [1.29, 1.82) is 0 Å². The largest absolute Gasteiger partial charge is 0.508 e. The molecule has 0 spiro atoms. The van der Waals surface area contributed by atoms with E-state index < -0.39 is 11.5 Å². The number of amides is 1. The van der Waals surface area contributed by atoms with E-state index >= 15 is 0 Å². The fraction of sp³-hybridized carbons (Fsp3) is 0.360. The molecule has 1 aromatic heterocycles. The van der Waals surface area contributed by atoms with Gasteiger partial charge in [-0.05, 0) is 48.7 Å². The topological polar surface area (TPSA) is 89.8 Å². The van der Waals surface area contributed by atoms with Gasteiger partial charge in [-0.3, -0.25) is 9.59 Å². The molecule has 0 bridgehead atoms. The molecular weight excluding hydrogens is 408 g/mol. The van der Waals surface area contributed by atoms with E-state index in [0.29, 0.717) is 36.6 Å². The highest BCUT2D eigenvalue weighted by atomic mass is 16.5. The SMILES string of the molecule is CCCCCOc1c(OC)ccc2cc(C(=O)NCCc3ccc(O)cc3)c(=O)n(C)c12. The molecule has 2 aromatic carbocycles. The van der Waals surface area contributed by atoms with Crippen LogP contribution in [0.4, 0.5) is 0 Å². The third kappa shape index (κ3) is 5.22. The second-order valence-corrected chi connectivity index (χ2v) is 7.68. The summed E-state index contributed by atoms with van der Waals surface area (Å²) in [6, 6.07) is 12.0. The molecule has 1 amide bonds. The molecule has 0 aliphatic rings. The van der Waals surface area contributed by atoms with E-state index in [1.165, 1.54) is 4.57 Å². The average Bonchev–Trinajstić information content (AvgIpc) is 2.80. The van der Waals surface area contributed by atoms with Crippen molar-refractivity contribution in [1.82, 2.24) is 9.88 Å². The lowest BCUT2D eigenvalue weighted by atomic mass is 10.1. The van der Waals surface area contributed by atoms with Crippen LogP contribution in [0, 0.1) is 0 Å². The van der Waals surface area contributed by atoms with E-state index in [-0.39, 0.29) is 11.3 Å². The second-order valence-electron chi connectivity index (χ2n) is 7.68. The third-order valence-corrected chi connectivity index (χ3v) is 5.39. The number of nitrogens with zero attached hydrogens (tertiary/aromatic N) is 1. The number of aromatic nitrogens is 1. The number of carbonyl (C=O) groups excluding carboxylic acids is 1. The Kier molecular flexibility index (Phi) is 7.76. The number of unbranched alkanes of at least 4 members (excludes halogenated alkanes) is 2. The molecule has 170 valence electrons. The smallest absolute Gasteiger partial charge is 0.263 e. The van der Waals surface area contributed by atoms with E-state index in [2.05, 4.69) is 12.2 Å². The van der Waals surface area contributed by atoms with Crippen LogP contribution in [0.25, 0.3) is 10.9 Å². The molecule has 32 heavy (non-hydrogen) atoms. The van der Waals surface area contributed by atoms with Gasteiger partial charge < -0.3 is 24.5 Å². The van der Waals surface area contributed by atoms with Crippen molar-refractivity contribution in [2.75, 3.05) is 20.3 Å². The van der Waals surface area contributed by atoms with Crippen molar-refractivity contribution in [3.63, 3.8) is 0 Å². The number of phenolic OH excluding ortho intramolecular Hbond substituents is 1. The van der Waals surface area contributed by atoms with Gasteiger partial charge in [0.1, 0.15) is 11.3 Å². The highest BCUT2D eigenvalue weighted by molar-refractivity contribution is 5.98. The van der Waals surface area contributed by atoms with Crippen molar-refractivity contribution < 1.29 is 19.4 Å². The number of hydrogen-bond donors (Lipinski definition) is 2. The summed E-state index contributed by atoms with van der Waals surface area (Å²) in [6.07, 6.45) is 3.64. The summed E-state index contributed by atoms with van der Waals surface area (Å²) in [5, 5.41) is 12.9. The third-order valence-electron chi connectivity index (χ3n) is 5.39. The van der Waals surface area contributed by atoms with Gasteiger partial charge >= 0.3 is 0 Å². The van der Waals surface area contributed by atoms with Crippen molar-refractivity contribution in [3.8, 4) is 17.2 Å². The quantitative estimate of drug-likeness (QED) is 0.470. The number of benzene rings is 2. The summed E-state index contributed by atoms with van der Waals surface area (Å²) in [6.45, 7) is 3.02. The minimum Gasteiger partial charge on any atom is -0.508 e. The molecule has 0 fully saturated rings. The van der Waals surface area contributed by atoms with Gasteiger partial charge in [0, 0.05) is 19.0 Å². The van der Waals surface area contributed by atoms with Gasteiger partial charge in [-0.15, -0.1) is 0 Å². The standard InChI is InChI=1S/C25H30N2O5/c1-4-5-6-15-32-23-21(31-3)12-9-18-16-20(25(30)27(2)22(18)23)24(29)26-14-13-17-7-10-19(28)11-8-17/h7-12,16,28H,4-6,13-15H2,1-3H3,(H,26,29). The van der Waals surface area contributed by atoms with Gasteiger partial charge in [-0.2, -0.15) is 0 Å². The zero-order valence-corrected chi connectivity index (χ0v) is 18.8. The Labute approximate surface area is 187 Å². The Morgan fingerprint density at radius 3 is 2.56 bits per heavy atom. The first-order valence-electron chi connectivity index (χ1n) is 10.9. The molecule has 2 N–H and O–H groups in total. The van der Waals surface area contributed by atoms with E-state index in [1.807, 2.05) is 6.07 Å². The lowest BCUT2D eigenvalue weighted by Gasteiger charge is -2.16. The number of nitrogens with one attached hydrogen (secondary N) is 1. The van der Waals surface area contributed by atoms with Crippen LogP contribution < -0.4 is 20.3 Å². The van der Waals surface area contributed by atoms with E-state index in [0.717, 1.165) is 30.2 Å². The monoisotopic (exact) mass is 438 g/mol. The number of rotatable bonds is 10. The first kappa shape index (κ1) is 23.2. The van der Waals surface area contributed by atoms with E-state index in [1.54, 1.807) is 50.6 Å². The number of aryl methyl sites for hydroxylation is 1. The molecule has 1 heterocycles. The fourth-order valence-corrected chi connectivity index (χ4v) is 3.60. The summed E-state index contributed by atoms with van der Waals surface area (Å²) in [5.74, 6) is 0.838. The van der Waals surface area contributed by atoms with E-state index in [9.17, 15) is 14.7 Å². The summed E-state index contributed by atoms with van der Waals surface area (Å²) in [5.41, 5.74) is 1.26. The minimum absolute atomic E-state index is 0.0767. The zero-order chi connectivity index (χ0) is 23.1. The van der Waals surface area contributed by atoms with Crippen LogP contribution in [0.2, 0.25) is 0 Å². The lowest BCUT2D eigenvalue weighted by Crippen LogP contribution is -2.33. The number of ether oxygens (including phenoxy) is 2. The Bertz CT molecular complexity index is 1140. The van der Waals surface area contributed by atoms with Crippen LogP contribution in [-0.2, 0) is 13.5 Å². The summed E-state index contributed by atoms with van der Waals surface area (Å²) < 4.78 is 12.9. The van der Waals surface area contributed by atoms with Crippen LogP contribution in [0.3, 0.4) is 0 Å². The molecule has 0 aliphatic heterocycles. The maximum Gasteiger partial charge on any atom is 0.263 e. The van der Waals surface area contributed by atoms with Gasteiger partial charge in [0.25, 0.3) is 11.5 Å². The molecule has 7 heteroatoms. The Morgan fingerprint density at radius 1 is 1.12 bits per heavy atom. The van der Waals surface area contributed by atoms with Gasteiger partial charge in [0.15, 0.2) is 11.5 Å². The Hall–Kier alpha value is -3.48. The molecule has 7 nitrogen and oxygen atoms in total. The normalized spacial score (nSPS) is 10.8. The summed E-state index contributed by atoms with van der Waals surface area (Å²) >= 11 is 0. The number of fused-ring (bicyclic) bond motifs is 1. The molecule has 0 saturated heterocycles. The molecule has 0 aliphatic carbocycles. The summed E-state index contributed by atoms with van der Waals surface area (Å²) in [4.78, 5) is 25.7. The second kappa shape index (κ2) is 10.7. The molecule has 0 unspecified atom stereocenters. The number of methoxy groups -OCH3 is 1. The number of aromatic hydroxyl groups is 1. The molecule has 3 rings (SSSR count). The highest BCUT2D eigenvalue weighted by Crippen LogP contribution is 2.35.